The van der Waals surface area contributed by atoms with E-state index in [1.54, 1.807) is 12.1 Å². The van der Waals surface area contributed by atoms with Gasteiger partial charge in [0.05, 0.1) is 0 Å². The molecule has 3 nitrogen and oxygen atoms in total. The fourth-order valence-corrected chi connectivity index (χ4v) is 1.90. The number of aromatic hydroxyl groups is 1. The van der Waals surface area contributed by atoms with Gasteiger partial charge in [-0.15, -0.1) is 16.2 Å². The number of thiophene rings is 1. The maximum Gasteiger partial charge on any atom is 0.158 e. The van der Waals surface area contributed by atoms with Crippen molar-refractivity contribution < 1.29 is 5.11 Å². The van der Waals surface area contributed by atoms with E-state index in [-0.39, 0.29) is 11.4 Å². The molecule has 1 N–H and O–H groups in total. The zero-order valence-electron chi connectivity index (χ0n) is 6.02. The predicted octanol–water partition coefficient (Wildman–Crippen LogP) is 3.00. The van der Waals surface area contributed by atoms with Crippen molar-refractivity contribution in [1.82, 2.24) is 0 Å². The lowest BCUT2D eigenvalue weighted by Gasteiger charge is -1.95. The highest BCUT2D eigenvalue weighted by atomic mass is 32.1. The van der Waals surface area contributed by atoms with Crippen LogP contribution in [-0.2, 0) is 0 Å². The molecule has 2 aromatic rings. The SMILES string of the molecule is O=Nc1c(O)ccc2sccc12. The van der Waals surface area contributed by atoms with E-state index in [1.807, 2.05) is 5.38 Å². The molecule has 0 fully saturated rings. The molecule has 1 heterocycles. The van der Waals surface area contributed by atoms with Crippen molar-refractivity contribution in [3.05, 3.63) is 28.5 Å². The van der Waals surface area contributed by atoms with E-state index in [1.165, 1.54) is 17.4 Å². The van der Waals surface area contributed by atoms with Crippen LogP contribution in [0, 0.1) is 4.91 Å². The first kappa shape index (κ1) is 7.24. The summed E-state index contributed by atoms with van der Waals surface area (Å²) in [6, 6.07) is 5.02. The van der Waals surface area contributed by atoms with Gasteiger partial charge in [0.25, 0.3) is 0 Å². The van der Waals surface area contributed by atoms with Gasteiger partial charge in [-0.05, 0) is 28.8 Å². The third kappa shape index (κ3) is 0.887. The third-order valence-electron chi connectivity index (χ3n) is 1.68. The summed E-state index contributed by atoms with van der Waals surface area (Å²) < 4.78 is 0.961. The number of phenolic OH excluding ortho intramolecular Hbond substituents is 1. The van der Waals surface area contributed by atoms with E-state index in [0.717, 1.165) is 10.1 Å². The van der Waals surface area contributed by atoms with Crippen LogP contribution < -0.4 is 0 Å². The van der Waals surface area contributed by atoms with Crippen molar-refractivity contribution in [3.8, 4) is 5.75 Å². The van der Waals surface area contributed by atoms with Crippen LogP contribution >= 0.6 is 11.3 Å². The Morgan fingerprint density at radius 3 is 2.92 bits per heavy atom. The summed E-state index contributed by atoms with van der Waals surface area (Å²) in [5, 5.41) is 14.6. The Kier molecular flexibility index (Phi) is 1.55. The molecule has 0 spiro atoms. The van der Waals surface area contributed by atoms with E-state index >= 15 is 0 Å². The van der Waals surface area contributed by atoms with Crippen LogP contribution in [0.4, 0.5) is 5.69 Å². The Hall–Kier alpha value is -1.42. The van der Waals surface area contributed by atoms with Crippen LogP contribution in [0.1, 0.15) is 0 Å². The van der Waals surface area contributed by atoms with E-state index in [9.17, 15) is 10.0 Å². The Morgan fingerprint density at radius 1 is 1.33 bits per heavy atom. The number of rotatable bonds is 1. The third-order valence-corrected chi connectivity index (χ3v) is 2.56. The van der Waals surface area contributed by atoms with Crippen molar-refractivity contribution in [2.45, 2.75) is 0 Å². The molecule has 1 aromatic carbocycles. The number of nitroso groups, excluding NO2 is 1. The summed E-state index contributed by atoms with van der Waals surface area (Å²) in [7, 11) is 0. The molecule has 12 heavy (non-hydrogen) atoms. The van der Waals surface area contributed by atoms with Crippen LogP contribution in [-0.4, -0.2) is 5.11 Å². The molecule has 0 aliphatic carbocycles. The average molecular weight is 179 g/mol. The normalized spacial score (nSPS) is 10.3. The number of benzene rings is 1. The highest BCUT2D eigenvalue weighted by molar-refractivity contribution is 7.17. The molecular formula is C8H5NO2S. The van der Waals surface area contributed by atoms with Gasteiger partial charge in [0, 0.05) is 10.1 Å². The summed E-state index contributed by atoms with van der Waals surface area (Å²) in [5.74, 6) is -0.0594. The van der Waals surface area contributed by atoms with Gasteiger partial charge in [0.15, 0.2) is 5.69 Å². The monoisotopic (exact) mass is 179 g/mol. The summed E-state index contributed by atoms with van der Waals surface area (Å²) in [4.78, 5) is 10.3. The van der Waals surface area contributed by atoms with Crippen molar-refractivity contribution in [2.75, 3.05) is 0 Å². The minimum absolute atomic E-state index is 0.0594. The number of nitrogens with zero attached hydrogens (tertiary/aromatic N) is 1. The van der Waals surface area contributed by atoms with E-state index < -0.39 is 0 Å². The average Bonchev–Trinajstić information content (AvgIpc) is 2.52. The topological polar surface area (TPSA) is 49.7 Å². The predicted molar refractivity (Wildman–Crippen MR) is 48.9 cm³/mol. The minimum atomic E-state index is -0.0594. The quantitative estimate of drug-likeness (QED) is 0.684. The van der Waals surface area contributed by atoms with Crippen molar-refractivity contribution in [1.29, 1.82) is 0 Å². The first-order valence-electron chi connectivity index (χ1n) is 3.35. The smallest absolute Gasteiger partial charge is 0.158 e. The first-order chi connectivity index (χ1) is 5.83. The zero-order valence-corrected chi connectivity index (χ0v) is 6.84. The summed E-state index contributed by atoms with van der Waals surface area (Å²) >= 11 is 1.52. The van der Waals surface area contributed by atoms with Crippen LogP contribution in [0.5, 0.6) is 5.75 Å². The molecule has 0 unspecified atom stereocenters. The van der Waals surface area contributed by atoms with E-state index in [2.05, 4.69) is 5.18 Å². The van der Waals surface area contributed by atoms with Crippen LogP contribution in [0.15, 0.2) is 28.8 Å². The second kappa shape index (κ2) is 2.57. The van der Waals surface area contributed by atoms with Gasteiger partial charge in [-0.2, -0.15) is 0 Å². The van der Waals surface area contributed by atoms with Gasteiger partial charge in [-0.25, -0.2) is 0 Å². The van der Waals surface area contributed by atoms with Crippen LogP contribution in [0.2, 0.25) is 0 Å². The summed E-state index contributed by atoms with van der Waals surface area (Å²) in [6.07, 6.45) is 0. The molecule has 0 bridgehead atoms. The van der Waals surface area contributed by atoms with E-state index in [0.29, 0.717) is 0 Å². The largest absolute Gasteiger partial charge is 0.506 e. The van der Waals surface area contributed by atoms with Crippen molar-refractivity contribution >= 4 is 27.1 Å². The van der Waals surface area contributed by atoms with Gasteiger partial charge >= 0.3 is 0 Å². The lowest BCUT2D eigenvalue weighted by Crippen LogP contribution is -1.67. The van der Waals surface area contributed by atoms with E-state index in [4.69, 9.17) is 0 Å². The standard InChI is InChI=1S/C8H5NO2S/c10-6-1-2-7-5(3-4-12-7)8(6)9-11/h1-4,10H. The second-order valence-electron chi connectivity index (χ2n) is 2.36. The molecule has 0 saturated carbocycles. The Bertz CT molecular complexity index is 436. The van der Waals surface area contributed by atoms with Crippen LogP contribution in [0.25, 0.3) is 10.1 Å². The van der Waals surface area contributed by atoms with Gasteiger partial charge in [-0.1, -0.05) is 0 Å². The molecule has 4 heteroatoms. The number of fused-ring (bicyclic) bond motifs is 1. The minimum Gasteiger partial charge on any atom is -0.506 e. The zero-order chi connectivity index (χ0) is 8.55. The van der Waals surface area contributed by atoms with Crippen molar-refractivity contribution in [2.24, 2.45) is 5.18 Å². The molecule has 0 aliphatic heterocycles. The summed E-state index contributed by atoms with van der Waals surface area (Å²) in [5.41, 5.74) is 0.133. The Labute approximate surface area is 72.2 Å². The molecule has 0 atom stereocenters. The van der Waals surface area contributed by atoms with Gasteiger partial charge in [0.2, 0.25) is 0 Å². The van der Waals surface area contributed by atoms with Gasteiger partial charge in [0.1, 0.15) is 5.75 Å². The molecule has 0 aliphatic rings. The fourth-order valence-electron chi connectivity index (χ4n) is 1.11. The lowest BCUT2D eigenvalue weighted by molar-refractivity contribution is 0.477. The molecule has 0 amide bonds. The second-order valence-corrected chi connectivity index (χ2v) is 3.30. The highest BCUT2D eigenvalue weighted by Crippen LogP contribution is 2.36. The Balaban J connectivity index is 2.91. The number of hydrogen-bond donors (Lipinski definition) is 1. The molecule has 1 aromatic heterocycles. The Morgan fingerprint density at radius 2 is 2.17 bits per heavy atom. The fraction of sp³-hybridized carbons (Fsp3) is 0. The molecule has 0 saturated heterocycles. The highest BCUT2D eigenvalue weighted by Gasteiger charge is 2.07. The molecule has 2 rings (SSSR count). The maximum absolute atomic E-state index is 10.3. The number of hydrogen-bond acceptors (Lipinski definition) is 4. The number of phenols is 1. The maximum atomic E-state index is 10.3. The summed E-state index contributed by atoms with van der Waals surface area (Å²) in [6.45, 7) is 0. The van der Waals surface area contributed by atoms with Crippen molar-refractivity contribution in [3.63, 3.8) is 0 Å². The van der Waals surface area contributed by atoms with Gasteiger partial charge in [-0.3, -0.25) is 0 Å². The molecular weight excluding hydrogens is 174 g/mol. The van der Waals surface area contributed by atoms with Gasteiger partial charge < -0.3 is 5.11 Å². The molecule has 0 radical (unpaired) electrons. The lowest BCUT2D eigenvalue weighted by atomic mass is 10.2. The van der Waals surface area contributed by atoms with Crippen LogP contribution in [0.3, 0.4) is 0 Å². The first-order valence-corrected chi connectivity index (χ1v) is 4.23. The molecule has 60 valence electrons.